The third kappa shape index (κ3) is 3.58. The lowest BCUT2D eigenvalue weighted by atomic mass is 10.1. The lowest BCUT2D eigenvalue weighted by Crippen LogP contribution is -2.43. The van der Waals surface area contributed by atoms with Gasteiger partial charge in [-0.3, -0.25) is 15.9 Å². The molecule has 86 valence electrons. The van der Waals surface area contributed by atoms with Crippen LogP contribution in [0.5, 0.6) is 0 Å². The van der Waals surface area contributed by atoms with Gasteiger partial charge in [0, 0.05) is 5.69 Å². The quantitative estimate of drug-likeness (QED) is 0.514. The van der Waals surface area contributed by atoms with Crippen LogP contribution < -0.4 is 16.5 Å². The van der Waals surface area contributed by atoms with E-state index in [1.807, 2.05) is 32.0 Å². The fourth-order valence-electron chi connectivity index (χ4n) is 1.34. The summed E-state index contributed by atoms with van der Waals surface area (Å²) < 4.78 is 0. The molecule has 0 saturated heterocycles. The van der Waals surface area contributed by atoms with Gasteiger partial charge >= 0.3 is 0 Å². The molecular weight excluding hydrogens is 222 g/mol. The van der Waals surface area contributed by atoms with E-state index in [4.69, 9.17) is 11.1 Å². The average Bonchev–Trinajstić information content (AvgIpc) is 2.21. The van der Waals surface area contributed by atoms with Crippen LogP contribution in [-0.2, 0) is 4.79 Å². The van der Waals surface area contributed by atoms with Gasteiger partial charge in [-0.2, -0.15) is 0 Å². The standard InChI is InChI=1S/C11H15N3OS/c1-7-4-3-5-8(2)10(7)14-9(15)6-16-11(12)13/h3-5H,6H2,1-2H3,(H3,12,13)(H,14,15)/p+1. The lowest BCUT2D eigenvalue weighted by molar-refractivity contribution is -0.114. The van der Waals surface area contributed by atoms with E-state index in [0.29, 0.717) is 0 Å². The third-order valence-electron chi connectivity index (χ3n) is 2.12. The molecule has 1 aromatic carbocycles. The zero-order valence-electron chi connectivity index (χ0n) is 9.41. The van der Waals surface area contributed by atoms with Gasteiger partial charge in [-0.15, -0.1) is 0 Å². The molecule has 0 radical (unpaired) electrons. The number of carbonyl (C=O) groups is 1. The molecule has 0 aliphatic heterocycles. The Morgan fingerprint density at radius 3 is 2.50 bits per heavy atom. The van der Waals surface area contributed by atoms with Crippen molar-refractivity contribution in [2.45, 2.75) is 13.8 Å². The Bertz CT molecular complexity index is 397. The van der Waals surface area contributed by atoms with E-state index in [1.54, 1.807) is 0 Å². The number of aryl methyl sites for hydroxylation is 2. The van der Waals surface area contributed by atoms with Crippen LogP contribution in [0, 0.1) is 13.8 Å². The zero-order valence-corrected chi connectivity index (χ0v) is 10.2. The predicted octanol–water partition coefficient (Wildman–Crippen LogP) is 0.0489. The van der Waals surface area contributed by atoms with E-state index in [0.717, 1.165) is 28.6 Å². The number of thioether (sulfide) groups is 1. The fourth-order valence-corrected chi connectivity index (χ4v) is 1.71. The van der Waals surface area contributed by atoms with Gasteiger partial charge in [-0.1, -0.05) is 18.2 Å². The van der Waals surface area contributed by atoms with Crippen LogP contribution in [0.25, 0.3) is 0 Å². The number of amides is 1. The van der Waals surface area contributed by atoms with Crippen molar-refractivity contribution in [2.75, 3.05) is 11.1 Å². The minimum Gasteiger partial charge on any atom is -0.325 e. The largest absolute Gasteiger partial charge is 0.325 e. The first-order valence-corrected chi connectivity index (χ1v) is 5.86. The smallest absolute Gasteiger partial charge is 0.300 e. The van der Waals surface area contributed by atoms with Crippen LogP contribution in [0.1, 0.15) is 11.1 Å². The molecule has 0 unspecified atom stereocenters. The van der Waals surface area contributed by atoms with E-state index in [-0.39, 0.29) is 16.8 Å². The second kappa shape index (κ2) is 5.55. The van der Waals surface area contributed by atoms with Gasteiger partial charge in [0.25, 0.3) is 5.17 Å². The minimum atomic E-state index is -0.101. The Kier molecular flexibility index (Phi) is 4.37. The molecule has 16 heavy (non-hydrogen) atoms. The summed E-state index contributed by atoms with van der Waals surface area (Å²) in [5.74, 6) is 0.131. The molecule has 0 heterocycles. The maximum absolute atomic E-state index is 11.6. The van der Waals surface area contributed by atoms with Crippen molar-refractivity contribution in [3.8, 4) is 0 Å². The van der Waals surface area contributed by atoms with Crippen molar-refractivity contribution in [3.05, 3.63) is 29.3 Å². The van der Waals surface area contributed by atoms with Crippen LogP contribution in [0.15, 0.2) is 18.2 Å². The topological polar surface area (TPSA) is 80.7 Å². The maximum Gasteiger partial charge on any atom is 0.300 e. The summed E-state index contributed by atoms with van der Waals surface area (Å²) in [5, 5.41) is 8.33. The molecule has 0 fully saturated rings. The molecule has 5 heteroatoms. The fraction of sp³-hybridized carbons (Fsp3) is 0.273. The Morgan fingerprint density at radius 1 is 1.44 bits per heavy atom. The van der Waals surface area contributed by atoms with Crippen molar-refractivity contribution < 1.29 is 10.2 Å². The Hall–Kier alpha value is -1.49. The first-order valence-electron chi connectivity index (χ1n) is 4.87. The number of nitrogens with two attached hydrogens (primary N) is 2. The second-order valence-electron chi connectivity index (χ2n) is 3.51. The number of carbonyl (C=O) groups excluding carboxylic acids is 1. The molecule has 0 aliphatic carbocycles. The highest BCUT2D eigenvalue weighted by molar-refractivity contribution is 8.14. The molecule has 5 N–H and O–H groups in total. The molecule has 4 nitrogen and oxygen atoms in total. The van der Waals surface area contributed by atoms with Gasteiger partial charge in [0.15, 0.2) is 0 Å². The monoisotopic (exact) mass is 238 g/mol. The Labute approximate surface area is 99.1 Å². The molecule has 1 aromatic rings. The summed E-state index contributed by atoms with van der Waals surface area (Å²) in [4.78, 5) is 11.6. The van der Waals surface area contributed by atoms with Crippen LogP contribution >= 0.6 is 11.8 Å². The summed E-state index contributed by atoms with van der Waals surface area (Å²) in [6, 6.07) is 5.87. The van der Waals surface area contributed by atoms with Crippen molar-refractivity contribution in [1.29, 1.82) is 0 Å². The number of benzene rings is 1. The average molecular weight is 238 g/mol. The second-order valence-corrected chi connectivity index (χ2v) is 4.55. The molecule has 1 amide bonds. The SMILES string of the molecule is Cc1cccc(C)c1NC(=O)CSC(N)=[NH2+]. The van der Waals surface area contributed by atoms with Crippen LogP contribution in [-0.4, -0.2) is 16.8 Å². The molecule has 0 saturated carbocycles. The van der Waals surface area contributed by atoms with E-state index >= 15 is 0 Å². The Balaban J connectivity index is 2.66. The molecule has 0 spiro atoms. The van der Waals surface area contributed by atoms with Crippen molar-refractivity contribution in [2.24, 2.45) is 5.73 Å². The molecule has 0 aliphatic rings. The van der Waals surface area contributed by atoms with Crippen LogP contribution in [0.3, 0.4) is 0 Å². The normalized spacial score (nSPS) is 9.88. The summed E-state index contributed by atoms with van der Waals surface area (Å²) in [7, 11) is 0. The number of para-hydroxylation sites is 1. The number of amidine groups is 1. The van der Waals surface area contributed by atoms with Gasteiger partial charge in [-0.05, 0) is 36.7 Å². The zero-order chi connectivity index (χ0) is 12.1. The van der Waals surface area contributed by atoms with Gasteiger partial charge < -0.3 is 5.32 Å². The summed E-state index contributed by atoms with van der Waals surface area (Å²) in [6.45, 7) is 3.92. The first-order chi connectivity index (χ1) is 7.50. The van der Waals surface area contributed by atoms with Gasteiger partial charge in [-0.25, -0.2) is 0 Å². The third-order valence-corrected chi connectivity index (χ3v) is 2.86. The summed E-state index contributed by atoms with van der Waals surface area (Å²) in [6.07, 6.45) is 0. The van der Waals surface area contributed by atoms with E-state index in [1.165, 1.54) is 0 Å². The van der Waals surface area contributed by atoms with Crippen LogP contribution in [0.2, 0.25) is 0 Å². The highest BCUT2D eigenvalue weighted by Gasteiger charge is 2.08. The van der Waals surface area contributed by atoms with Gasteiger partial charge in [0.05, 0.1) is 5.75 Å². The molecule has 0 bridgehead atoms. The molecule has 0 aromatic heterocycles. The predicted molar refractivity (Wildman–Crippen MR) is 68.1 cm³/mol. The van der Waals surface area contributed by atoms with Gasteiger partial charge in [0.2, 0.25) is 5.91 Å². The van der Waals surface area contributed by atoms with Crippen LogP contribution in [0.4, 0.5) is 5.69 Å². The first kappa shape index (κ1) is 12.6. The number of hydrogen-bond acceptors (Lipinski definition) is 2. The molecule has 1 rings (SSSR count). The minimum absolute atomic E-state index is 0.101. The van der Waals surface area contributed by atoms with E-state index in [2.05, 4.69) is 5.32 Å². The molecular formula is C11H16N3OS+. The van der Waals surface area contributed by atoms with E-state index in [9.17, 15) is 4.79 Å². The number of nitrogens with one attached hydrogen (secondary N) is 1. The van der Waals surface area contributed by atoms with Crippen molar-refractivity contribution >= 4 is 28.5 Å². The van der Waals surface area contributed by atoms with Crippen molar-refractivity contribution in [3.63, 3.8) is 0 Å². The van der Waals surface area contributed by atoms with Gasteiger partial charge in [0.1, 0.15) is 0 Å². The summed E-state index contributed by atoms with van der Waals surface area (Å²) >= 11 is 1.13. The molecule has 0 atom stereocenters. The lowest BCUT2D eigenvalue weighted by Gasteiger charge is -2.10. The Morgan fingerprint density at radius 2 is 2.00 bits per heavy atom. The van der Waals surface area contributed by atoms with E-state index < -0.39 is 0 Å². The maximum atomic E-state index is 11.6. The number of hydrogen-bond donors (Lipinski definition) is 3. The highest BCUT2D eigenvalue weighted by atomic mass is 32.2. The van der Waals surface area contributed by atoms with Crippen molar-refractivity contribution in [1.82, 2.24) is 0 Å². The summed E-state index contributed by atoms with van der Waals surface area (Å²) in [5.41, 5.74) is 8.22. The number of rotatable bonds is 3. The highest BCUT2D eigenvalue weighted by Crippen LogP contribution is 2.19. The number of anilines is 1.